The van der Waals surface area contributed by atoms with E-state index < -0.39 is 0 Å². The number of imidazole rings is 1. The molecule has 0 saturated carbocycles. The number of nitrogens with one attached hydrogen (secondary N) is 2. The van der Waals surface area contributed by atoms with E-state index in [1.165, 1.54) is 44.0 Å². The number of rotatable bonds is 5. The zero-order valence-corrected chi connectivity index (χ0v) is 12.7. The van der Waals surface area contributed by atoms with Crippen LogP contribution in [0.2, 0.25) is 0 Å². The van der Waals surface area contributed by atoms with Crippen molar-refractivity contribution in [3.8, 4) is 0 Å². The normalized spacial score (nSPS) is 27.1. The molecule has 2 N–H and O–H groups in total. The van der Waals surface area contributed by atoms with E-state index in [1.807, 2.05) is 6.33 Å². The first-order valence-corrected chi connectivity index (χ1v) is 8.01. The van der Waals surface area contributed by atoms with Gasteiger partial charge in [0.2, 0.25) is 0 Å². The number of H-pyrrole nitrogens is 1. The van der Waals surface area contributed by atoms with Crippen molar-refractivity contribution in [2.24, 2.45) is 0 Å². The second kappa shape index (κ2) is 6.24. The van der Waals surface area contributed by atoms with Crippen molar-refractivity contribution in [3.63, 3.8) is 0 Å². The minimum atomic E-state index is 0.557. The molecule has 2 unspecified atom stereocenters. The quantitative estimate of drug-likeness (QED) is 0.837. The molecular formula is C15H27N5. The molecule has 1 saturated heterocycles. The number of aromatic amines is 1. The van der Waals surface area contributed by atoms with Crippen LogP contribution in [-0.4, -0.2) is 64.6 Å². The van der Waals surface area contributed by atoms with Crippen LogP contribution in [0.15, 0.2) is 6.33 Å². The van der Waals surface area contributed by atoms with Crippen LogP contribution in [0.4, 0.5) is 0 Å². The highest BCUT2D eigenvalue weighted by molar-refractivity contribution is 5.16. The molecule has 0 amide bonds. The number of hydrogen-bond donors (Lipinski definition) is 2. The summed E-state index contributed by atoms with van der Waals surface area (Å²) >= 11 is 0. The molecular weight excluding hydrogens is 250 g/mol. The van der Waals surface area contributed by atoms with Gasteiger partial charge in [-0.2, -0.15) is 0 Å². The van der Waals surface area contributed by atoms with Gasteiger partial charge in [-0.15, -0.1) is 0 Å². The van der Waals surface area contributed by atoms with Gasteiger partial charge in [0.1, 0.15) is 0 Å². The minimum Gasteiger partial charge on any atom is -0.347 e. The topological polar surface area (TPSA) is 47.2 Å². The van der Waals surface area contributed by atoms with Crippen molar-refractivity contribution < 1.29 is 0 Å². The van der Waals surface area contributed by atoms with Crippen LogP contribution in [0.1, 0.15) is 31.7 Å². The smallest absolute Gasteiger partial charge is 0.0925 e. The Morgan fingerprint density at radius 1 is 1.40 bits per heavy atom. The highest BCUT2D eigenvalue weighted by Crippen LogP contribution is 2.18. The summed E-state index contributed by atoms with van der Waals surface area (Å²) in [6, 6.07) is 1.32. The van der Waals surface area contributed by atoms with Crippen LogP contribution in [0.3, 0.4) is 0 Å². The van der Waals surface area contributed by atoms with Crippen LogP contribution < -0.4 is 5.32 Å². The maximum atomic E-state index is 4.43. The van der Waals surface area contributed by atoms with E-state index in [0.29, 0.717) is 6.04 Å². The zero-order valence-electron chi connectivity index (χ0n) is 12.7. The molecule has 3 heterocycles. The van der Waals surface area contributed by atoms with Gasteiger partial charge in [-0.25, -0.2) is 4.98 Å². The molecule has 5 heteroatoms. The van der Waals surface area contributed by atoms with Crippen molar-refractivity contribution in [1.82, 2.24) is 25.1 Å². The predicted molar refractivity (Wildman–Crippen MR) is 80.7 cm³/mol. The van der Waals surface area contributed by atoms with Crippen molar-refractivity contribution in [2.75, 3.05) is 32.7 Å². The fourth-order valence-corrected chi connectivity index (χ4v) is 3.69. The summed E-state index contributed by atoms with van der Waals surface area (Å²) < 4.78 is 0. The molecule has 0 aliphatic carbocycles. The first-order chi connectivity index (χ1) is 9.80. The zero-order chi connectivity index (χ0) is 13.9. The predicted octanol–water partition coefficient (Wildman–Crippen LogP) is 0.840. The molecule has 2 aliphatic rings. The van der Waals surface area contributed by atoms with Crippen LogP contribution in [0.5, 0.6) is 0 Å². The van der Waals surface area contributed by atoms with Gasteiger partial charge < -0.3 is 15.2 Å². The minimum absolute atomic E-state index is 0.557. The first-order valence-electron chi connectivity index (χ1n) is 8.01. The number of likely N-dealkylation sites (tertiary alicyclic amines) is 1. The molecule has 3 rings (SSSR count). The fourth-order valence-electron chi connectivity index (χ4n) is 3.69. The van der Waals surface area contributed by atoms with Gasteiger partial charge in [0.05, 0.1) is 17.7 Å². The van der Waals surface area contributed by atoms with Crippen molar-refractivity contribution >= 4 is 0 Å². The summed E-state index contributed by atoms with van der Waals surface area (Å²) in [4.78, 5) is 12.9. The molecule has 1 aromatic rings. The molecule has 0 aromatic carbocycles. The molecule has 0 bridgehead atoms. The summed E-state index contributed by atoms with van der Waals surface area (Å²) in [5.41, 5.74) is 2.52. The lowest BCUT2D eigenvalue weighted by Gasteiger charge is -2.29. The summed E-state index contributed by atoms with van der Waals surface area (Å²) in [5, 5.41) is 3.63. The van der Waals surface area contributed by atoms with Gasteiger partial charge in [-0.3, -0.25) is 4.90 Å². The third-order valence-corrected chi connectivity index (χ3v) is 4.87. The third-order valence-electron chi connectivity index (χ3n) is 4.87. The Bertz CT molecular complexity index is 426. The lowest BCUT2D eigenvalue weighted by atomic mass is 10.1. The summed E-state index contributed by atoms with van der Waals surface area (Å²) in [6.45, 7) is 11.5. The molecule has 2 atom stereocenters. The number of fused-ring (bicyclic) bond motifs is 1. The van der Waals surface area contributed by atoms with Gasteiger partial charge in [0.25, 0.3) is 0 Å². The lowest BCUT2D eigenvalue weighted by molar-refractivity contribution is 0.203. The van der Waals surface area contributed by atoms with Crippen molar-refractivity contribution in [1.29, 1.82) is 0 Å². The summed E-state index contributed by atoms with van der Waals surface area (Å²) in [5.74, 6) is 0. The number of nitrogens with zero attached hydrogens (tertiary/aromatic N) is 3. The molecule has 2 aliphatic heterocycles. The van der Waals surface area contributed by atoms with Gasteiger partial charge in [0.15, 0.2) is 0 Å². The highest BCUT2D eigenvalue weighted by Gasteiger charge is 2.29. The Labute approximate surface area is 121 Å². The molecule has 5 nitrogen and oxygen atoms in total. The van der Waals surface area contributed by atoms with Crippen molar-refractivity contribution in [2.45, 2.75) is 45.3 Å². The molecule has 1 aromatic heterocycles. The number of hydrogen-bond acceptors (Lipinski definition) is 4. The fraction of sp³-hybridized carbons (Fsp3) is 0.800. The maximum absolute atomic E-state index is 4.43. The molecule has 1 fully saturated rings. The third kappa shape index (κ3) is 2.90. The second-order valence-electron chi connectivity index (χ2n) is 6.03. The SMILES string of the molecule is CCN(CC)C1CCN(CC2Cc3nc[nH]c3CN2)C1. The van der Waals surface area contributed by atoms with Gasteiger partial charge >= 0.3 is 0 Å². The summed E-state index contributed by atoms with van der Waals surface area (Å²) in [6.07, 6.45) is 4.20. The van der Waals surface area contributed by atoms with E-state index >= 15 is 0 Å². The Morgan fingerprint density at radius 3 is 3.05 bits per heavy atom. The van der Waals surface area contributed by atoms with Gasteiger partial charge in [-0.05, 0) is 26.1 Å². The van der Waals surface area contributed by atoms with Gasteiger partial charge in [-0.1, -0.05) is 13.8 Å². The first kappa shape index (κ1) is 14.0. The average molecular weight is 277 g/mol. The Morgan fingerprint density at radius 2 is 2.25 bits per heavy atom. The largest absolute Gasteiger partial charge is 0.347 e. The van der Waals surface area contributed by atoms with Gasteiger partial charge in [0, 0.05) is 38.1 Å². The lowest BCUT2D eigenvalue weighted by Crippen LogP contribution is -2.45. The molecule has 0 radical (unpaired) electrons. The van der Waals surface area contributed by atoms with Crippen LogP contribution in [0.25, 0.3) is 0 Å². The van der Waals surface area contributed by atoms with Crippen molar-refractivity contribution in [3.05, 3.63) is 17.7 Å². The molecule has 112 valence electrons. The number of likely N-dealkylation sites (N-methyl/N-ethyl adjacent to an activating group) is 1. The maximum Gasteiger partial charge on any atom is 0.0925 e. The molecule has 0 spiro atoms. The van der Waals surface area contributed by atoms with E-state index in [9.17, 15) is 0 Å². The van der Waals surface area contributed by atoms with Crippen LogP contribution >= 0.6 is 0 Å². The monoisotopic (exact) mass is 277 g/mol. The van der Waals surface area contributed by atoms with E-state index in [-0.39, 0.29) is 0 Å². The van der Waals surface area contributed by atoms with Crippen LogP contribution in [0, 0.1) is 0 Å². The second-order valence-corrected chi connectivity index (χ2v) is 6.03. The Kier molecular flexibility index (Phi) is 4.38. The average Bonchev–Trinajstić information content (AvgIpc) is 3.09. The standard InChI is InChI=1S/C15H27N5/c1-3-20(4-2)13-5-6-19(10-13)9-12-7-14-15(8-16-12)18-11-17-14/h11-13,16H,3-10H2,1-2H3,(H,17,18). The summed E-state index contributed by atoms with van der Waals surface area (Å²) in [7, 11) is 0. The van der Waals surface area contributed by atoms with E-state index in [1.54, 1.807) is 0 Å². The molecule has 20 heavy (non-hydrogen) atoms. The highest BCUT2D eigenvalue weighted by atomic mass is 15.3. The number of aromatic nitrogens is 2. The van der Waals surface area contributed by atoms with Crippen LogP contribution in [-0.2, 0) is 13.0 Å². The van der Waals surface area contributed by atoms with E-state index in [2.05, 4.69) is 38.9 Å². The van der Waals surface area contributed by atoms with E-state index in [4.69, 9.17) is 0 Å². The van der Waals surface area contributed by atoms with E-state index in [0.717, 1.165) is 25.6 Å². The Hall–Kier alpha value is -0.910. The Balaban J connectivity index is 1.50.